The Morgan fingerprint density at radius 2 is 1.88 bits per heavy atom. The fraction of sp³-hybridized carbons (Fsp3) is 0.933. The zero-order valence-corrected chi connectivity index (χ0v) is 16.1. The maximum Gasteiger partial charge on any atom is 0.214 e. The predicted molar refractivity (Wildman–Crippen MR) is 99.7 cm³/mol. The average molecular weight is 379 g/mol. The molecule has 0 unspecified atom stereocenters. The lowest BCUT2D eigenvalue weighted by molar-refractivity contribution is 0.0389. The highest BCUT2D eigenvalue weighted by atomic mass is 32.2. The van der Waals surface area contributed by atoms with Crippen molar-refractivity contribution in [3.8, 4) is 0 Å². The van der Waals surface area contributed by atoms with Crippen LogP contribution in [0.15, 0.2) is 0 Å². The van der Waals surface area contributed by atoms with E-state index >= 15 is 0 Å². The van der Waals surface area contributed by atoms with E-state index in [0.29, 0.717) is 24.6 Å². The Hall–Kier alpha value is -0.480. The van der Waals surface area contributed by atoms with Gasteiger partial charge in [-0.05, 0) is 31.5 Å². The van der Waals surface area contributed by atoms with E-state index in [9.17, 15) is 8.42 Å². The summed E-state index contributed by atoms with van der Waals surface area (Å²) in [5.74, 6) is 0.243. The van der Waals surface area contributed by atoms with Gasteiger partial charge in [0.15, 0.2) is 5.11 Å². The zero-order chi connectivity index (χ0) is 17.4. The SMILES string of the molecule is CCCS(=O)(=O)N1CCC(NC(=S)NCCN2CCOCC2)CC1. The quantitative estimate of drug-likeness (QED) is 0.604. The van der Waals surface area contributed by atoms with Crippen LogP contribution in [0.1, 0.15) is 26.2 Å². The number of nitrogens with zero attached hydrogens (tertiary/aromatic N) is 2. The molecule has 2 saturated heterocycles. The van der Waals surface area contributed by atoms with Crippen LogP contribution in [0.3, 0.4) is 0 Å². The first kappa shape index (κ1) is 19.8. The summed E-state index contributed by atoms with van der Waals surface area (Å²) in [6, 6.07) is 0.251. The molecule has 0 aromatic carbocycles. The molecule has 0 bridgehead atoms. The number of hydrogen-bond acceptors (Lipinski definition) is 5. The van der Waals surface area contributed by atoms with Gasteiger partial charge in [-0.3, -0.25) is 4.90 Å². The predicted octanol–water partition coefficient (Wildman–Crippen LogP) is -0.0131. The lowest BCUT2D eigenvalue weighted by Crippen LogP contribution is -2.50. The van der Waals surface area contributed by atoms with Crippen LogP contribution in [0.4, 0.5) is 0 Å². The molecule has 0 saturated carbocycles. The first-order valence-corrected chi connectivity index (χ1v) is 10.9. The van der Waals surface area contributed by atoms with Crippen molar-refractivity contribution in [3.63, 3.8) is 0 Å². The molecule has 2 aliphatic rings. The van der Waals surface area contributed by atoms with Crippen molar-refractivity contribution >= 4 is 27.4 Å². The van der Waals surface area contributed by atoms with Crippen LogP contribution < -0.4 is 10.6 Å². The molecule has 0 amide bonds. The summed E-state index contributed by atoms with van der Waals surface area (Å²) >= 11 is 5.35. The Morgan fingerprint density at radius 1 is 1.21 bits per heavy atom. The molecule has 9 heteroatoms. The maximum atomic E-state index is 12.1. The minimum absolute atomic E-state index is 0.243. The highest BCUT2D eigenvalue weighted by molar-refractivity contribution is 7.89. The monoisotopic (exact) mass is 378 g/mol. The summed E-state index contributed by atoms with van der Waals surface area (Å²) in [4.78, 5) is 2.36. The minimum Gasteiger partial charge on any atom is -0.379 e. The van der Waals surface area contributed by atoms with E-state index in [0.717, 1.165) is 52.2 Å². The van der Waals surface area contributed by atoms with Crippen LogP contribution in [0.5, 0.6) is 0 Å². The number of morpholine rings is 1. The summed E-state index contributed by atoms with van der Waals surface area (Å²) in [7, 11) is -3.07. The van der Waals surface area contributed by atoms with Crippen molar-refractivity contribution in [1.82, 2.24) is 19.8 Å². The van der Waals surface area contributed by atoms with Gasteiger partial charge in [0.05, 0.1) is 19.0 Å². The standard InChI is InChI=1S/C15H30N4O3S2/c1-2-13-24(20,21)19-6-3-14(4-7-19)17-15(23)16-5-8-18-9-11-22-12-10-18/h14H,2-13H2,1H3,(H2,16,17,23). The molecule has 2 fully saturated rings. The van der Waals surface area contributed by atoms with E-state index in [4.69, 9.17) is 17.0 Å². The van der Waals surface area contributed by atoms with Gasteiger partial charge in [-0.15, -0.1) is 0 Å². The molecule has 0 spiro atoms. The van der Waals surface area contributed by atoms with E-state index in [2.05, 4.69) is 15.5 Å². The van der Waals surface area contributed by atoms with Gasteiger partial charge >= 0.3 is 0 Å². The van der Waals surface area contributed by atoms with Crippen molar-refractivity contribution in [1.29, 1.82) is 0 Å². The van der Waals surface area contributed by atoms with Gasteiger partial charge in [0.2, 0.25) is 10.0 Å². The summed E-state index contributed by atoms with van der Waals surface area (Å²) in [6.45, 7) is 8.40. The van der Waals surface area contributed by atoms with Crippen LogP contribution in [0, 0.1) is 0 Å². The smallest absolute Gasteiger partial charge is 0.214 e. The third-order valence-corrected chi connectivity index (χ3v) is 6.80. The molecule has 140 valence electrons. The number of thiocarbonyl (C=S) groups is 1. The number of sulfonamides is 1. The Morgan fingerprint density at radius 3 is 2.50 bits per heavy atom. The van der Waals surface area contributed by atoms with Gasteiger partial charge in [0.1, 0.15) is 0 Å². The van der Waals surface area contributed by atoms with Gasteiger partial charge in [-0.25, -0.2) is 12.7 Å². The summed E-state index contributed by atoms with van der Waals surface area (Å²) in [5.41, 5.74) is 0. The second-order valence-electron chi connectivity index (χ2n) is 6.34. The molecule has 0 radical (unpaired) electrons. The first-order chi connectivity index (χ1) is 11.5. The van der Waals surface area contributed by atoms with Crippen LogP contribution in [-0.4, -0.2) is 87.0 Å². The molecule has 0 aromatic heterocycles. The van der Waals surface area contributed by atoms with Crippen molar-refractivity contribution in [2.24, 2.45) is 0 Å². The van der Waals surface area contributed by atoms with E-state index in [1.54, 1.807) is 4.31 Å². The number of nitrogens with one attached hydrogen (secondary N) is 2. The van der Waals surface area contributed by atoms with E-state index in [1.165, 1.54) is 0 Å². The largest absolute Gasteiger partial charge is 0.379 e. The van der Waals surface area contributed by atoms with Crippen molar-refractivity contribution in [2.45, 2.75) is 32.2 Å². The zero-order valence-electron chi connectivity index (χ0n) is 14.5. The number of hydrogen-bond donors (Lipinski definition) is 2. The lowest BCUT2D eigenvalue weighted by atomic mass is 10.1. The fourth-order valence-electron chi connectivity index (χ4n) is 3.05. The fourth-order valence-corrected chi connectivity index (χ4v) is 4.86. The van der Waals surface area contributed by atoms with Crippen molar-refractivity contribution in [2.75, 3.05) is 58.2 Å². The third-order valence-electron chi connectivity index (χ3n) is 4.46. The molecule has 24 heavy (non-hydrogen) atoms. The van der Waals surface area contributed by atoms with Crippen molar-refractivity contribution < 1.29 is 13.2 Å². The second kappa shape index (κ2) is 9.86. The van der Waals surface area contributed by atoms with Gasteiger partial charge in [-0.2, -0.15) is 0 Å². The molecule has 7 nitrogen and oxygen atoms in total. The van der Waals surface area contributed by atoms with E-state index in [1.807, 2.05) is 6.92 Å². The summed E-state index contributed by atoms with van der Waals surface area (Å²) in [6.07, 6.45) is 2.26. The molecule has 2 heterocycles. The average Bonchev–Trinajstić information content (AvgIpc) is 2.56. The Labute approximate surface area is 151 Å². The van der Waals surface area contributed by atoms with E-state index in [-0.39, 0.29) is 11.8 Å². The molecule has 0 aromatic rings. The number of piperidine rings is 1. The molecule has 0 aliphatic carbocycles. The Bertz CT molecular complexity index is 487. The minimum atomic E-state index is -3.07. The molecular formula is C15H30N4O3S2. The summed E-state index contributed by atoms with van der Waals surface area (Å²) in [5, 5.41) is 7.23. The molecule has 2 aliphatic heterocycles. The maximum absolute atomic E-state index is 12.1. The number of rotatable bonds is 7. The van der Waals surface area contributed by atoms with E-state index < -0.39 is 10.0 Å². The first-order valence-electron chi connectivity index (χ1n) is 8.83. The van der Waals surface area contributed by atoms with Gasteiger partial charge in [0.25, 0.3) is 0 Å². The second-order valence-corrected chi connectivity index (χ2v) is 8.84. The summed E-state index contributed by atoms with van der Waals surface area (Å²) < 4.78 is 31.1. The topological polar surface area (TPSA) is 73.9 Å². The van der Waals surface area contributed by atoms with Crippen LogP contribution >= 0.6 is 12.2 Å². The lowest BCUT2D eigenvalue weighted by Gasteiger charge is -2.32. The molecule has 0 atom stereocenters. The molecule has 2 N–H and O–H groups in total. The highest BCUT2D eigenvalue weighted by Crippen LogP contribution is 2.15. The highest BCUT2D eigenvalue weighted by Gasteiger charge is 2.27. The van der Waals surface area contributed by atoms with Crippen molar-refractivity contribution in [3.05, 3.63) is 0 Å². The van der Waals surface area contributed by atoms with Gasteiger partial charge < -0.3 is 15.4 Å². The third kappa shape index (κ3) is 6.44. The Kier molecular flexibility index (Phi) is 8.15. The van der Waals surface area contributed by atoms with Crippen LogP contribution in [0.25, 0.3) is 0 Å². The van der Waals surface area contributed by atoms with Crippen LogP contribution in [0.2, 0.25) is 0 Å². The number of ether oxygens (including phenoxy) is 1. The Balaban J connectivity index is 1.61. The normalized spacial score (nSPS) is 21.5. The molecule has 2 rings (SSSR count). The van der Waals surface area contributed by atoms with Gasteiger partial charge in [0, 0.05) is 45.3 Å². The van der Waals surface area contributed by atoms with Gasteiger partial charge in [-0.1, -0.05) is 6.92 Å². The molecular weight excluding hydrogens is 348 g/mol. The van der Waals surface area contributed by atoms with Crippen LogP contribution in [-0.2, 0) is 14.8 Å².